The van der Waals surface area contributed by atoms with Crippen LogP contribution in [-0.4, -0.2) is 34.8 Å². The van der Waals surface area contributed by atoms with Crippen molar-refractivity contribution in [2.24, 2.45) is 0 Å². The zero-order valence-corrected chi connectivity index (χ0v) is 13.0. The van der Waals surface area contributed by atoms with E-state index in [1.807, 2.05) is 43.0 Å². The van der Waals surface area contributed by atoms with E-state index in [-0.39, 0.29) is 12.0 Å². The minimum Gasteiger partial charge on any atom is -0.491 e. The molecule has 0 N–H and O–H groups in total. The fourth-order valence-corrected chi connectivity index (χ4v) is 2.45. The summed E-state index contributed by atoms with van der Waals surface area (Å²) >= 11 is 3.42. The fourth-order valence-electron chi connectivity index (χ4n) is 2.07. The third-order valence-electron chi connectivity index (χ3n) is 3.03. The van der Waals surface area contributed by atoms with E-state index >= 15 is 0 Å². The van der Waals surface area contributed by atoms with Gasteiger partial charge in [-0.1, -0.05) is 22.0 Å². The number of rotatable bonds is 6. The number of carbonyl (C=O) groups excluding carboxylic acids is 1. The molecule has 0 atom stereocenters. The summed E-state index contributed by atoms with van der Waals surface area (Å²) in [5, 5.41) is 0.817. The Kier molecular flexibility index (Phi) is 4.86. The minimum atomic E-state index is 0.108. The maximum absolute atomic E-state index is 12.5. The Morgan fingerprint density at radius 3 is 2.79 bits per heavy atom. The summed E-state index contributed by atoms with van der Waals surface area (Å²) in [7, 11) is 0. The second kappa shape index (κ2) is 6.42. The average molecular weight is 326 g/mol. The Balaban J connectivity index is 2.12. The molecule has 1 amide bonds. The molecule has 0 spiro atoms. The van der Waals surface area contributed by atoms with Crippen molar-refractivity contribution >= 4 is 21.8 Å². The number of nitrogens with zero attached hydrogens (tertiary/aromatic N) is 1. The molecule has 19 heavy (non-hydrogen) atoms. The van der Waals surface area contributed by atoms with Crippen LogP contribution in [0, 0.1) is 0 Å². The van der Waals surface area contributed by atoms with Crippen LogP contribution < -0.4 is 4.74 Å². The van der Waals surface area contributed by atoms with Crippen LogP contribution in [0.15, 0.2) is 24.3 Å². The monoisotopic (exact) mass is 325 g/mol. The van der Waals surface area contributed by atoms with Crippen LogP contribution in [0.5, 0.6) is 5.75 Å². The second-order valence-electron chi connectivity index (χ2n) is 5.11. The van der Waals surface area contributed by atoms with Gasteiger partial charge in [0.1, 0.15) is 5.75 Å². The molecule has 2 rings (SSSR count). The first-order valence-corrected chi connectivity index (χ1v) is 7.87. The maximum Gasteiger partial charge on any atom is 0.254 e. The average Bonchev–Trinajstić information content (AvgIpc) is 3.19. The van der Waals surface area contributed by atoms with Crippen LogP contribution in [0.25, 0.3) is 0 Å². The highest BCUT2D eigenvalue weighted by Gasteiger charge is 2.32. The maximum atomic E-state index is 12.5. The van der Waals surface area contributed by atoms with E-state index in [9.17, 15) is 4.79 Å². The first kappa shape index (κ1) is 14.4. The van der Waals surface area contributed by atoms with Crippen LogP contribution in [0.4, 0.5) is 0 Å². The van der Waals surface area contributed by atoms with Gasteiger partial charge >= 0.3 is 0 Å². The summed E-state index contributed by atoms with van der Waals surface area (Å²) in [5.41, 5.74) is 0.714. The van der Waals surface area contributed by atoms with E-state index in [0.29, 0.717) is 11.6 Å². The van der Waals surface area contributed by atoms with Gasteiger partial charge in [0.25, 0.3) is 5.91 Å². The zero-order chi connectivity index (χ0) is 13.8. The number of alkyl halides is 1. The van der Waals surface area contributed by atoms with Crippen molar-refractivity contribution < 1.29 is 9.53 Å². The van der Waals surface area contributed by atoms with Gasteiger partial charge in [-0.15, -0.1) is 0 Å². The molecule has 0 saturated heterocycles. The van der Waals surface area contributed by atoms with E-state index < -0.39 is 0 Å². The lowest BCUT2D eigenvalue weighted by atomic mass is 10.2. The molecular formula is C15H20BrNO2. The lowest BCUT2D eigenvalue weighted by Gasteiger charge is -2.21. The molecule has 1 aromatic carbocycles. The number of benzene rings is 1. The lowest BCUT2D eigenvalue weighted by Crippen LogP contribution is -2.34. The van der Waals surface area contributed by atoms with Crippen LogP contribution in [0.1, 0.15) is 37.0 Å². The SMILES string of the molecule is CC(C)Oc1cccc(C(=O)N(CCBr)C2CC2)c1. The molecular weight excluding hydrogens is 306 g/mol. The Morgan fingerprint density at radius 1 is 1.47 bits per heavy atom. The Labute approximate surface area is 123 Å². The van der Waals surface area contributed by atoms with E-state index in [4.69, 9.17) is 4.74 Å². The number of halogens is 1. The summed E-state index contributed by atoms with van der Waals surface area (Å²) in [4.78, 5) is 14.5. The predicted molar refractivity (Wildman–Crippen MR) is 80.1 cm³/mol. The van der Waals surface area contributed by atoms with Gasteiger partial charge in [0.15, 0.2) is 0 Å². The van der Waals surface area contributed by atoms with E-state index in [0.717, 1.165) is 30.5 Å². The zero-order valence-electron chi connectivity index (χ0n) is 11.4. The van der Waals surface area contributed by atoms with Gasteiger partial charge in [0.05, 0.1) is 6.10 Å². The van der Waals surface area contributed by atoms with Crippen molar-refractivity contribution in [3.63, 3.8) is 0 Å². The summed E-state index contributed by atoms with van der Waals surface area (Å²) in [6, 6.07) is 7.90. The summed E-state index contributed by atoms with van der Waals surface area (Å²) in [6.45, 7) is 4.73. The van der Waals surface area contributed by atoms with Gasteiger partial charge < -0.3 is 9.64 Å². The van der Waals surface area contributed by atoms with E-state index in [1.54, 1.807) is 0 Å². The quantitative estimate of drug-likeness (QED) is 0.749. The van der Waals surface area contributed by atoms with Gasteiger partial charge in [-0.25, -0.2) is 0 Å². The highest BCUT2D eigenvalue weighted by atomic mass is 79.9. The fraction of sp³-hybridized carbons (Fsp3) is 0.533. The largest absolute Gasteiger partial charge is 0.491 e. The van der Waals surface area contributed by atoms with Crippen LogP contribution in [0.2, 0.25) is 0 Å². The highest BCUT2D eigenvalue weighted by Crippen LogP contribution is 2.28. The predicted octanol–water partition coefficient (Wildman–Crippen LogP) is 3.47. The van der Waals surface area contributed by atoms with Crippen LogP contribution in [0.3, 0.4) is 0 Å². The van der Waals surface area contributed by atoms with Gasteiger partial charge in [-0.3, -0.25) is 4.79 Å². The van der Waals surface area contributed by atoms with Gasteiger partial charge in [-0.05, 0) is 44.9 Å². The molecule has 4 heteroatoms. The smallest absolute Gasteiger partial charge is 0.254 e. The first-order valence-electron chi connectivity index (χ1n) is 6.75. The number of ether oxygens (including phenoxy) is 1. The van der Waals surface area contributed by atoms with Crippen molar-refractivity contribution in [1.29, 1.82) is 0 Å². The molecule has 0 radical (unpaired) electrons. The summed E-state index contributed by atoms with van der Waals surface area (Å²) in [6.07, 6.45) is 2.37. The third kappa shape index (κ3) is 3.96. The van der Waals surface area contributed by atoms with Crippen molar-refractivity contribution in [2.45, 2.75) is 38.8 Å². The van der Waals surface area contributed by atoms with Crippen molar-refractivity contribution in [2.75, 3.05) is 11.9 Å². The molecule has 0 bridgehead atoms. The molecule has 3 nitrogen and oxygen atoms in total. The topological polar surface area (TPSA) is 29.5 Å². The molecule has 1 aliphatic rings. The molecule has 1 saturated carbocycles. The third-order valence-corrected chi connectivity index (χ3v) is 3.38. The van der Waals surface area contributed by atoms with Gasteiger partial charge in [0, 0.05) is 23.5 Å². The highest BCUT2D eigenvalue weighted by molar-refractivity contribution is 9.09. The molecule has 1 fully saturated rings. The van der Waals surface area contributed by atoms with Crippen LogP contribution in [-0.2, 0) is 0 Å². The van der Waals surface area contributed by atoms with Crippen molar-refractivity contribution in [3.8, 4) is 5.75 Å². The van der Waals surface area contributed by atoms with Crippen molar-refractivity contribution in [3.05, 3.63) is 29.8 Å². The molecule has 0 aromatic heterocycles. The lowest BCUT2D eigenvalue weighted by molar-refractivity contribution is 0.0754. The molecule has 0 unspecified atom stereocenters. The minimum absolute atomic E-state index is 0.108. The van der Waals surface area contributed by atoms with Gasteiger partial charge in [0.2, 0.25) is 0 Å². The molecule has 1 aromatic rings. The number of hydrogen-bond acceptors (Lipinski definition) is 2. The molecule has 0 heterocycles. The molecule has 104 valence electrons. The van der Waals surface area contributed by atoms with E-state index in [2.05, 4.69) is 15.9 Å². The number of carbonyl (C=O) groups is 1. The Bertz CT molecular complexity index is 444. The first-order chi connectivity index (χ1) is 9.11. The van der Waals surface area contributed by atoms with Gasteiger partial charge in [-0.2, -0.15) is 0 Å². The standard InChI is InChI=1S/C15H20BrNO2/c1-11(2)19-14-5-3-4-12(10-14)15(18)17(9-8-16)13-6-7-13/h3-5,10-11,13H,6-9H2,1-2H3. The number of hydrogen-bond donors (Lipinski definition) is 0. The number of amides is 1. The Morgan fingerprint density at radius 2 is 2.21 bits per heavy atom. The normalized spacial score (nSPS) is 14.5. The summed E-state index contributed by atoms with van der Waals surface area (Å²) in [5.74, 6) is 0.867. The molecule has 0 aliphatic heterocycles. The summed E-state index contributed by atoms with van der Waals surface area (Å²) < 4.78 is 5.64. The van der Waals surface area contributed by atoms with E-state index in [1.165, 1.54) is 0 Å². The Hall–Kier alpha value is -1.03. The van der Waals surface area contributed by atoms with Crippen LogP contribution >= 0.6 is 15.9 Å². The second-order valence-corrected chi connectivity index (χ2v) is 5.91. The van der Waals surface area contributed by atoms with Crippen molar-refractivity contribution in [1.82, 2.24) is 4.90 Å². The molecule has 1 aliphatic carbocycles.